The molecular weight excluding hydrogens is 274 g/mol. The summed E-state index contributed by atoms with van der Waals surface area (Å²) in [5, 5.41) is 12.8. The van der Waals surface area contributed by atoms with Crippen molar-refractivity contribution in [2.45, 2.75) is 26.3 Å². The number of carboxylic acid groups (broad SMARTS) is 1. The van der Waals surface area contributed by atoms with Gasteiger partial charge in [-0.05, 0) is 23.4 Å². The predicted molar refractivity (Wildman–Crippen MR) is 80.2 cm³/mol. The molecule has 1 aromatic heterocycles. The summed E-state index contributed by atoms with van der Waals surface area (Å²) in [6.45, 7) is 3.73. The zero-order valence-electron chi connectivity index (χ0n) is 11.4. The van der Waals surface area contributed by atoms with E-state index in [1.54, 1.807) is 6.07 Å². The number of nitrogens with one attached hydrogen (secondary N) is 1. The van der Waals surface area contributed by atoms with Crippen LogP contribution in [0.25, 0.3) is 10.1 Å². The summed E-state index contributed by atoms with van der Waals surface area (Å²) in [6, 6.07) is 8.66. The van der Waals surface area contributed by atoms with Crippen molar-refractivity contribution >= 4 is 33.3 Å². The van der Waals surface area contributed by atoms with Crippen LogP contribution in [0.1, 0.15) is 29.9 Å². The summed E-state index contributed by atoms with van der Waals surface area (Å²) < 4.78 is 1.02. The molecule has 0 fully saturated rings. The highest BCUT2D eigenvalue weighted by molar-refractivity contribution is 7.20. The lowest BCUT2D eigenvalue weighted by Gasteiger charge is -2.19. The molecule has 0 radical (unpaired) electrons. The molecule has 0 saturated carbocycles. The molecule has 0 aliphatic rings. The van der Waals surface area contributed by atoms with Crippen molar-refractivity contribution in [2.24, 2.45) is 5.92 Å². The van der Waals surface area contributed by atoms with E-state index in [2.05, 4.69) is 5.32 Å². The maximum Gasteiger partial charge on any atom is 0.326 e. The van der Waals surface area contributed by atoms with E-state index < -0.39 is 12.0 Å². The molecule has 0 spiro atoms. The van der Waals surface area contributed by atoms with E-state index in [1.807, 2.05) is 38.1 Å². The molecule has 2 rings (SSSR count). The summed E-state index contributed by atoms with van der Waals surface area (Å²) in [4.78, 5) is 24.0. The number of carbonyl (C=O) groups is 2. The molecule has 5 heteroatoms. The van der Waals surface area contributed by atoms with E-state index in [4.69, 9.17) is 0 Å². The number of aliphatic carboxylic acids is 1. The Hall–Kier alpha value is -1.88. The first-order chi connectivity index (χ1) is 9.52. The van der Waals surface area contributed by atoms with E-state index >= 15 is 0 Å². The number of fused-ring (bicyclic) bond motifs is 1. The quantitative estimate of drug-likeness (QED) is 0.889. The minimum absolute atomic E-state index is 0.106. The van der Waals surface area contributed by atoms with Gasteiger partial charge in [0.1, 0.15) is 6.04 Å². The van der Waals surface area contributed by atoms with Gasteiger partial charge in [0.15, 0.2) is 0 Å². The summed E-state index contributed by atoms with van der Waals surface area (Å²) in [7, 11) is 0. The molecule has 0 aliphatic carbocycles. The lowest BCUT2D eigenvalue weighted by Crippen LogP contribution is -2.44. The summed E-state index contributed by atoms with van der Waals surface area (Å²) in [5.74, 6) is -1.42. The van der Waals surface area contributed by atoms with Crippen LogP contribution >= 0.6 is 11.3 Å². The number of benzene rings is 1. The third kappa shape index (κ3) is 2.99. The molecule has 4 nitrogen and oxygen atoms in total. The topological polar surface area (TPSA) is 66.4 Å². The van der Waals surface area contributed by atoms with Crippen LogP contribution in [-0.4, -0.2) is 23.0 Å². The lowest BCUT2D eigenvalue weighted by atomic mass is 9.99. The Kier molecular flexibility index (Phi) is 4.39. The molecule has 2 atom stereocenters. The number of amides is 1. The number of carbonyl (C=O) groups excluding carboxylic acids is 1. The van der Waals surface area contributed by atoms with Crippen molar-refractivity contribution in [1.82, 2.24) is 5.32 Å². The van der Waals surface area contributed by atoms with Gasteiger partial charge in [0.25, 0.3) is 5.91 Å². The van der Waals surface area contributed by atoms with Crippen molar-refractivity contribution in [3.63, 3.8) is 0 Å². The molecule has 20 heavy (non-hydrogen) atoms. The number of carboxylic acids is 1. The number of rotatable bonds is 5. The molecule has 1 unspecified atom stereocenters. The van der Waals surface area contributed by atoms with Crippen molar-refractivity contribution in [1.29, 1.82) is 0 Å². The average Bonchev–Trinajstić information content (AvgIpc) is 2.87. The lowest BCUT2D eigenvalue weighted by molar-refractivity contribution is -0.140. The summed E-state index contributed by atoms with van der Waals surface area (Å²) >= 11 is 1.37. The van der Waals surface area contributed by atoms with Crippen molar-refractivity contribution in [3.8, 4) is 0 Å². The second kappa shape index (κ2) is 6.05. The van der Waals surface area contributed by atoms with Crippen molar-refractivity contribution < 1.29 is 14.7 Å². The van der Waals surface area contributed by atoms with Crippen LogP contribution in [0.15, 0.2) is 30.3 Å². The van der Waals surface area contributed by atoms with Gasteiger partial charge in [-0.3, -0.25) is 4.79 Å². The molecule has 0 saturated heterocycles. The zero-order chi connectivity index (χ0) is 14.7. The van der Waals surface area contributed by atoms with E-state index in [-0.39, 0.29) is 11.8 Å². The molecule has 1 heterocycles. The fraction of sp³-hybridized carbons (Fsp3) is 0.333. The molecular formula is C15H17NO3S. The maximum absolute atomic E-state index is 12.2. The van der Waals surface area contributed by atoms with Gasteiger partial charge in [0.2, 0.25) is 0 Å². The smallest absolute Gasteiger partial charge is 0.326 e. The van der Waals surface area contributed by atoms with Gasteiger partial charge in [-0.25, -0.2) is 4.79 Å². The fourth-order valence-electron chi connectivity index (χ4n) is 1.99. The number of hydrogen-bond acceptors (Lipinski definition) is 3. The van der Waals surface area contributed by atoms with Gasteiger partial charge >= 0.3 is 5.97 Å². The zero-order valence-corrected chi connectivity index (χ0v) is 12.2. The summed E-state index contributed by atoms with van der Waals surface area (Å²) in [6.07, 6.45) is 0.698. The first-order valence-electron chi connectivity index (χ1n) is 6.55. The van der Waals surface area contributed by atoms with E-state index in [0.717, 1.165) is 10.1 Å². The normalized spacial score (nSPS) is 13.9. The first kappa shape index (κ1) is 14.5. The van der Waals surface area contributed by atoms with Crippen LogP contribution in [0.3, 0.4) is 0 Å². The Labute approximate surface area is 121 Å². The van der Waals surface area contributed by atoms with Crippen molar-refractivity contribution in [3.05, 3.63) is 35.2 Å². The number of hydrogen-bond donors (Lipinski definition) is 2. The molecule has 2 N–H and O–H groups in total. The van der Waals surface area contributed by atoms with Crippen LogP contribution in [-0.2, 0) is 4.79 Å². The standard InChI is InChI=1S/C15H17NO3S/c1-3-9(2)13(15(18)19)16-14(17)12-8-10-6-4-5-7-11(10)20-12/h4-9,13H,3H2,1-2H3,(H,16,17)(H,18,19)/t9?,13-/m0/s1. The molecule has 0 aliphatic heterocycles. The number of thiophene rings is 1. The van der Waals surface area contributed by atoms with Gasteiger partial charge < -0.3 is 10.4 Å². The third-order valence-electron chi connectivity index (χ3n) is 3.41. The van der Waals surface area contributed by atoms with Gasteiger partial charge in [0, 0.05) is 4.70 Å². The molecule has 0 bridgehead atoms. The summed E-state index contributed by atoms with van der Waals surface area (Å²) in [5.41, 5.74) is 0. The Balaban J connectivity index is 2.20. The molecule has 106 valence electrons. The van der Waals surface area contributed by atoms with Gasteiger partial charge in [-0.15, -0.1) is 11.3 Å². The van der Waals surface area contributed by atoms with E-state index in [0.29, 0.717) is 11.3 Å². The predicted octanol–water partition coefficient (Wildman–Crippen LogP) is 3.13. The minimum Gasteiger partial charge on any atom is -0.480 e. The maximum atomic E-state index is 12.2. The monoisotopic (exact) mass is 291 g/mol. The second-order valence-electron chi connectivity index (χ2n) is 4.82. The van der Waals surface area contributed by atoms with Crippen LogP contribution < -0.4 is 5.32 Å². The van der Waals surface area contributed by atoms with Crippen molar-refractivity contribution in [2.75, 3.05) is 0 Å². The highest BCUT2D eigenvalue weighted by atomic mass is 32.1. The third-order valence-corrected chi connectivity index (χ3v) is 4.53. The van der Waals surface area contributed by atoms with Crippen LogP contribution in [0.4, 0.5) is 0 Å². The fourth-order valence-corrected chi connectivity index (χ4v) is 2.96. The molecule has 1 aromatic carbocycles. The van der Waals surface area contributed by atoms with Crippen LogP contribution in [0.5, 0.6) is 0 Å². The molecule has 2 aromatic rings. The van der Waals surface area contributed by atoms with Crippen LogP contribution in [0, 0.1) is 5.92 Å². The Bertz CT molecular complexity index is 602. The van der Waals surface area contributed by atoms with E-state index in [9.17, 15) is 14.7 Å². The van der Waals surface area contributed by atoms with Gasteiger partial charge in [-0.1, -0.05) is 38.5 Å². The average molecular weight is 291 g/mol. The van der Waals surface area contributed by atoms with Crippen LogP contribution in [0.2, 0.25) is 0 Å². The highest BCUT2D eigenvalue weighted by Crippen LogP contribution is 2.25. The van der Waals surface area contributed by atoms with Gasteiger partial charge in [-0.2, -0.15) is 0 Å². The Morgan fingerprint density at radius 2 is 2.05 bits per heavy atom. The largest absolute Gasteiger partial charge is 0.480 e. The molecule has 1 amide bonds. The minimum atomic E-state index is -0.992. The Morgan fingerprint density at radius 3 is 2.65 bits per heavy atom. The Morgan fingerprint density at radius 1 is 1.35 bits per heavy atom. The first-order valence-corrected chi connectivity index (χ1v) is 7.36. The second-order valence-corrected chi connectivity index (χ2v) is 5.91. The van der Waals surface area contributed by atoms with E-state index in [1.165, 1.54) is 11.3 Å². The van der Waals surface area contributed by atoms with Gasteiger partial charge in [0.05, 0.1) is 4.88 Å². The highest BCUT2D eigenvalue weighted by Gasteiger charge is 2.26. The SMILES string of the molecule is CCC(C)[C@H](NC(=O)c1cc2ccccc2s1)C(=O)O.